The van der Waals surface area contributed by atoms with Gasteiger partial charge >= 0.3 is 0 Å². The summed E-state index contributed by atoms with van der Waals surface area (Å²) in [5, 5.41) is 2.79. The third-order valence-electron chi connectivity index (χ3n) is 3.17. The molecule has 0 bridgehead atoms. The molecule has 0 spiro atoms. The van der Waals surface area contributed by atoms with Gasteiger partial charge in [0.2, 0.25) is 11.8 Å². The lowest BCUT2D eigenvalue weighted by Crippen LogP contribution is -2.54. The van der Waals surface area contributed by atoms with Crippen LogP contribution in [0, 0.1) is 0 Å². The lowest BCUT2D eigenvalue weighted by atomic mass is 10.1. The fraction of sp³-hybridized carbons (Fsp3) is 0.385. The third-order valence-corrected chi connectivity index (χ3v) is 3.17. The fourth-order valence-electron chi connectivity index (χ4n) is 2.12. The van der Waals surface area contributed by atoms with E-state index in [9.17, 15) is 9.59 Å². The predicted molar refractivity (Wildman–Crippen MR) is 70.4 cm³/mol. The van der Waals surface area contributed by atoms with Crippen LogP contribution in [-0.2, 0) is 9.59 Å². The van der Waals surface area contributed by atoms with Crippen LogP contribution in [0.15, 0.2) is 18.2 Å². The summed E-state index contributed by atoms with van der Waals surface area (Å²) in [6.07, 6.45) is 0.814. The molecule has 1 fully saturated rings. The van der Waals surface area contributed by atoms with Crippen LogP contribution in [0.1, 0.15) is 12.8 Å². The first kappa shape index (κ1) is 12.7. The lowest BCUT2D eigenvalue weighted by Gasteiger charge is -2.23. The average molecular weight is 277 g/mol. The molecule has 2 heterocycles. The van der Waals surface area contributed by atoms with E-state index >= 15 is 0 Å². The van der Waals surface area contributed by atoms with Crippen LogP contribution in [0.25, 0.3) is 0 Å². The van der Waals surface area contributed by atoms with E-state index in [0.717, 1.165) is 0 Å². The molecule has 2 aliphatic rings. The topological polar surface area (TPSA) is 88.7 Å². The van der Waals surface area contributed by atoms with Gasteiger partial charge in [-0.2, -0.15) is 0 Å². The fourth-order valence-corrected chi connectivity index (χ4v) is 2.12. The van der Waals surface area contributed by atoms with Crippen LogP contribution in [0.3, 0.4) is 0 Å². The first-order chi connectivity index (χ1) is 9.72. The number of rotatable bonds is 2. The highest BCUT2D eigenvalue weighted by Gasteiger charge is 2.24. The number of benzene rings is 1. The van der Waals surface area contributed by atoms with Crippen LogP contribution in [0.2, 0.25) is 0 Å². The molecule has 0 aromatic heterocycles. The molecule has 1 aromatic rings. The van der Waals surface area contributed by atoms with Crippen molar-refractivity contribution in [3.63, 3.8) is 0 Å². The Bertz CT molecular complexity index is 536. The Labute approximate surface area is 115 Å². The van der Waals surface area contributed by atoms with Gasteiger partial charge in [0.15, 0.2) is 11.5 Å². The normalized spacial score (nSPS) is 21.0. The smallest absolute Gasteiger partial charge is 0.243 e. The van der Waals surface area contributed by atoms with Crippen molar-refractivity contribution in [2.24, 2.45) is 0 Å². The van der Waals surface area contributed by atoms with E-state index < -0.39 is 6.04 Å². The van der Waals surface area contributed by atoms with Gasteiger partial charge in [-0.25, -0.2) is 5.43 Å². The van der Waals surface area contributed by atoms with E-state index in [1.54, 1.807) is 18.2 Å². The number of fused-ring (bicyclic) bond motifs is 1. The average Bonchev–Trinajstić information content (AvgIpc) is 2.48. The SMILES string of the molecule is O=C1CCC(C(=O)Nc2ccc3c(c2)OCCO3)NN1. The minimum absolute atomic E-state index is 0.103. The van der Waals surface area contributed by atoms with E-state index in [4.69, 9.17) is 9.47 Å². The zero-order chi connectivity index (χ0) is 13.9. The van der Waals surface area contributed by atoms with Gasteiger partial charge in [0.1, 0.15) is 19.3 Å². The maximum atomic E-state index is 12.0. The van der Waals surface area contributed by atoms with Gasteiger partial charge in [-0.05, 0) is 18.6 Å². The summed E-state index contributed by atoms with van der Waals surface area (Å²) < 4.78 is 10.9. The van der Waals surface area contributed by atoms with Gasteiger partial charge in [-0.3, -0.25) is 15.0 Å². The molecular formula is C13H15N3O4. The summed E-state index contributed by atoms with van der Waals surface area (Å²) in [5.74, 6) is 1.01. The molecule has 106 valence electrons. The zero-order valence-electron chi connectivity index (χ0n) is 10.8. The molecule has 0 aliphatic carbocycles. The van der Waals surface area contributed by atoms with Crippen LogP contribution < -0.4 is 25.6 Å². The van der Waals surface area contributed by atoms with Gasteiger partial charge in [0, 0.05) is 18.2 Å². The van der Waals surface area contributed by atoms with Gasteiger partial charge in [-0.1, -0.05) is 0 Å². The highest BCUT2D eigenvalue weighted by atomic mass is 16.6. The largest absolute Gasteiger partial charge is 0.486 e. The summed E-state index contributed by atoms with van der Waals surface area (Å²) >= 11 is 0. The summed E-state index contributed by atoms with van der Waals surface area (Å²) in [7, 11) is 0. The molecule has 1 unspecified atom stereocenters. The summed E-state index contributed by atoms with van der Waals surface area (Å²) in [4.78, 5) is 23.1. The van der Waals surface area contributed by atoms with Crippen molar-refractivity contribution in [3.05, 3.63) is 18.2 Å². The lowest BCUT2D eigenvalue weighted by molar-refractivity contribution is -0.126. The number of amides is 2. The Balaban J connectivity index is 1.65. The molecule has 20 heavy (non-hydrogen) atoms. The Morgan fingerprint density at radius 3 is 2.80 bits per heavy atom. The van der Waals surface area contributed by atoms with Gasteiger partial charge in [0.25, 0.3) is 0 Å². The second-order valence-electron chi connectivity index (χ2n) is 4.63. The van der Waals surface area contributed by atoms with Crippen molar-refractivity contribution in [2.75, 3.05) is 18.5 Å². The van der Waals surface area contributed by atoms with Crippen molar-refractivity contribution in [2.45, 2.75) is 18.9 Å². The molecule has 3 N–H and O–H groups in total. The van der Waals surface area contributed by atoms with E-state index in [0.29, 0.717) is 43.2 Å². The van der Waals surface area contributed by atoms with Crippen molar-refractivity contribution in [1.29, 1.82) is 0 Å². The van der Waals surface area contributed by atoms with E-state index in [-0.39, 0.29) is 11.8 Å². The van der Waals surface area contributed by atoms with Crippen molar-refractivity contribution >= 4 is 17.5 Å². The Hall–Kier alpha value is -2.28. The Morgan fingerprint density at radius 2 is 2.05 bits per heavy atom. The molecule has 7 nitrogen and oxygen atoms in total. The number of hydrogen-bond acceptors (Lipinski definition) is 5. The molecule has 1 saturated heterocycles. The molecule has 7 heteroatoms. The Kier molecular flexibility index (Phi) is 3.42. The van der Waals surface area contributed by atoms with E-state index in [1.165, 1.54) is 0 Å². The monoisotopic (exact) mass is 277 g/mol. The Morgan fingerprint density at radius 1 is 1.25 bits per heavy atom. The minimum atomic E-state index is -0.430. The number of hydrogen-bond donors (Lipinski definition) is 3. The van der Waals surface area contributed by atoms with Crippen molar-refractivity contribution in [3.8, 4) is 11.5 Å². The third kappa shape index (κ3) is 2.67. The molecule has 1 atom stereocenters. The second kappa shape index (κ2) is 5.38. The maximum Gasteiger partial charge on any atom is 0.243 e. The minimum Gasteiger partial charge on any atom is -0.486 e. The molecule has 2 amide bonds. The number of ether oxygens (including phenoxy) is 2. The van der Waals surface area contributed by atoms with E-state index in [2.05, 4.69) is 16.2 Å². The van der Waals surface area contributed by atoms with Crippen LogP contribution in [-0.4, -0.2) is 31.1 Å². The number of hydrazine groups is 1. The zero-order valence-corrected chi connectivity index (χ0v) is 10.8. The summed E-state index contributed by atoms with van der Waals surface area (Å²) in [5.41, 5.74) is 5.77. The highest BCUT2D eigenvalue weighted by Crippen LogP contribution is 2.32. The van der Waals surface area contributed by atoms with Gasteiger partial charge in [-0.15, -0.1) is 0 Å². The molecule has 1 aromatic carbocycles. The van der Waals surface area contributed by atoms with Crippen molar-refractivity contribution < 1.29 is 19.1 Å². The van der Waals surface area contributed by atoms with Gasteiger partial charge in [0.05, 0.1) is 0 Å². The van der Waals surface area contributed by atoms with Crippen LogP contribution in [0.5, 0.6) is 11.5 Å². The first-order valence-electron chi connectivity index (χ1n) is 6.47. The number of carbonyl (C=O) groups excluding carboxylic acids is 2. The molecule has 3 rings (SSSR count). The molecule has 2 aliphatic heterocycles. The van der Waals surface area contributed by atoms with Gasteiger partial charge < -0.3 is 14.8 Å². The molecule has 0 saturated carbocycles. The molecular weight excluding hydrogens is 262 g/mol. The second-order valence-corrected chi connectivity index (χ2v) is 4.63. The number of carbonyl (C=O) groups is 2. The van der Waals surface area contributed by atoms with Crippen LogP contribution >= 0.6 is 0 Å². The van der Waals surface area contributed by atoms with E-state index in [1.807, 2.05) is 0 Å². The predicted octanol–water partition coefficient (Wildman–Crippen LogP) is 0.180. The quantitative estimate of drug-likeness (QED) is 0.717. The first-order valence-corrected chi connectivity index (χ1v) is 6.47. The standard InChI is InChI=1S/C13H15N3O4/c17-12-4-2-9(15-16-12)13(18)14-8-1-3-10-11(7-8)20-6-5-19-10/h1,3,7,9,15H,2,4-6H2,(H,14,18)(H,16,17). The van der Waals surface area contributed by atoms with Crippen LogP contribution in [0.4, 0.5) is 5.69 Å². The number of nitrogens with one attached hydrogen (secondary N) is 3. The maximum absolute atomic E-state index is 12.0. The summed E-state index contributed by atoms with van der Waals surface area (Å²) in [6, 6.07) is 4.82. The van der Waals surface area contributed by atoms with Crippen molar-refractivity contribution in [1.82, 2.24) is 10.9 Å². The highest BCUT2D eigenvalue weighted by molar-refractivity contribution is 5.96. The molecule has 0 radical (unpaired) electrons. The summed E-state index contributed by atoms with van der Waals surface area (Å²) in [6.45, 7) is 1.03. The number of anilines is 1.